The number of nitrogens with zero attached hydrogens (tertiary/aromatic N) is 1. The maximum atomic E-state index is 14.1. The number of hydrogen-bond donors (Lipinski definition) is 1. The number of benzene rings is 2. The van der Waals surface area contributed by atoms with E-state index in [-0.39, 0.29) is 17.8 Å². The summed E-state index contributed by atoms with van der Waals surface area (Å²) in [5.74, 6) is 0.675. The van der Waals surface area contributed by atoms with Crippen LogP contribution in [0.3, 0.4) is 0 Å². The molecule has 0 radical (unpaired) electrons. The Bertz CT molecular complexity index is 706. The number of likely N-dealkylation sites (tertiary alicyclic amines) is 1. The molecule has 0 aromatic heterocycles. The van der Waals surface area contributed by atoms with Crippen LogP contribution in [0.1, 0.15) is 24.0 Å². The lowest BCUT2D eigenvalue weighted by atomic mass is 9.75. The molecule has 134 valence electrons. The largest absolute Gasteiger partial charge is 0.497 e. The van der Waals surface area contributed by atoms with Crippen LogP contribution in [-0.2, 0) is 13.0 Å². The monoisotopic (exact) mass is 343 g/mol. The summed E-state index contributed by atoms with van der Waals surface area (Å²) in [5, 5.41) is 10.1. The average molecular weight is 343 g/mol. The second-order valence-corrected chi connectivity index (χ2v) is 7.09. The fourth-order valence-corrected chi connectivity index (χ4v) is 3.85. The molecule has 1 N–H and O–H groups in total. The number of ether oxygens (including phenoxy) is 1. The van der Waals surface area contributed by atoms with Crippen molar-refractivity contribution in [3.63, 3.8) is 0 Å². The van der Waals surface area contributed by atoms with Gasteiger partial charge in [0.15, 0.2) is 0 Å². The van der Waals surface area contributed by atoms with E-state index >= 15 is 0 Å². The Kier molecular flexibility index (Phi) is 5.71. The highest BCUT2D eigenvalue weighted by atomic mass is 19.1. The summed E-state index contributed by atoms with van der Waals surface area (Å²) in [6.45, 7) is 2.66. The fourth-order valence-electron chi connectivity index (χ4n) is 3.85. The van der Waals surface area contributed by atoms with E-state index in [9.17, 15) is 9.50 Å². The third-order valence-corrected chi connectivity index (χ3v) is 5.14. The molecule has 4 heteroatoms. The zero-order valence-electron chi connectivity index (χ0n) is 14.7. The standard InChI is InChI=1S/C21H26FNO2/c1-25-19-8-4-6-17(12-19)14-23-11-5-10-21(15-23,16-24)13-18-7-2-3-9-20(18)22/h2-4,6-9,12,24H,5,10-11,13-16H2,1H3/t21-/m1/s1. The second-order valence-electron chi connectivity index (χ2n) is 7.09. The Balaban J connectivity index is 1.72. The molecule has 25 heavy (non-hydrogen) atoms. The van der Waals surface area contributed by atoms with Crippen molar-refractivity contribution in [2.24, 2.45) is 5.41 Å². The SMILES string of the molecule is COc1cccc(CN2CCC[C@@](CO)(Cc3ccccc3F)C2)c1. The Morgan fingerprint density at radius 1 is 1.20 bits per heavy atom. The Labute approximate surface area is 149 Å². The summed E-state index contributed by atoms with van der Waals surface area (Å²) < 4.78 is 19.4. The van der Waals surface area contributed by atoms with Gasteiger partial charge in [-0.2, -0.15) is 0 Å². The normalized spacial score (nSPS) is 21.2. The molecule has 3 nitrogen and oxygen atoms in total. The topological polar surface area (TPSA) is 32.7 Å². The molecule has 0 saturated carbocycles. The lowest BCUT2D eigenvalue weighted by Crippen LogP contribution is -2.46. The van der Waals surface area contributed by atoms with Crippen molar-refractivity contribution in [2.45, 2.75) is 25.8 Å². The number of rotatable bonds is 6. The molecule has 0 unspecified atom stereocenters. The first-order valence-electron chi connectivity index (χ1n) is 8.84. The van der Waals surface area contributed by atoms with Crippen LogP contribution in [0.25, 0.3) is 0 Å². The van der Waals surface area contributed by atoms with Gasteiger partial charge >= 0.3 is 0 Å². The summed E-state index contributed by atoms with van der Waals surface area (Å²) in [4.78, 5) is 2.36. The van der Waals surface area contributed by atoms with Crippen LogP contribution in [0.5, 0.6) is 5.75 Å². The van der Waals surface area contributed by atoms with Crippen LogP contribution in [0.2, 0.25) is 0 Å². The van der Waals surface area contributed by atoms with Crippen molar-refractivity contribution in [2.75, 3.05) is 26.8 Å². The predicted octanol–water partition coefficient (Wildman–Crippen LogP) is 3.65. The first-order chi connectivity index (χ1) is 12.1. The van der Waals surface area contributed by atoms with E-state index in [1.807, 2.05) is 30.3 Å². The van der Waals surface area contributed by atoms with Crippen molar-refractivity contribution < 1.29 is 14.2 Å². The number of aliphatic hydroxyl groups is 1. The number of halogens is 1. The van der Waals surface area contributed by atoms with Gasteiger partial charge in [0.05, 0.1) is 13.7 Å². The van der Waals surface area contributed by atoms with Gasteiger partial charge in [-0.05, 0) is 55.1 Å². The zero-order valence-corrected chi connectivity index (χ0v) is 14.7. The average Bonchev–Trinajstić information content (AvgIpc) is 2.64. The third-order valence-electron chi connectivity index (χ3n) is 5.14. The number of piperidine rings is 1. The summed E-state index contributed by atoms with van der Waals surface area (Å²) >= 11 is 0. The quantitative estimate of drug-likeness (QED) is 0.869. The lowest BCUT2D eigenvalue weighted by Gasteiger charge is -2.42. The smallest absolute Gasteiger partial charge is 0.126 e. The van der Waals surface area contributed by atoms with Gasteiger partial charge in [0.25, 0.3) is 0 Å². The van der Waals surface area contributed by atoms with E-state index in [2.05, 4.69) is 11.0 Å². The molecule has 1 atom stereocenters. The van der Waals surface area contributed by atoms with Crippen molar-refractivity contribution >= 4 is 0 Å². The highest BCUT2D eigenvalue weighted by molar-refractivity contribution is 5.28. The van der Waals surface area contributed by atoms with Gasteiger partial charge in [-0.25, -0.2) is 4.39 Å². The fraction of sp³-hybridized carbons (Fsp3) is 0.429. The number of aliphatic hydroxyl groups excluding tert-OH is 1. The highest BCUT2D eigenvalue weighted by Crippen LogP contribution is 2.34. The van der Waals surface area contributed by atoms with Gasteiger partial charge in [0.2, 0.25) is 0 Å². The maximum absolute atomic E-state index is 14.1. The minimum absolute atomic E-state index is 0.0793. The number of hydrogen-bond acceptors (Lipinski definition) is 3. The Morgan fingerprint density at radius 2 is 2.04 bits per heavy atom. The third kappa shape index (κ3) is 4.39. The molecule has 3 rings (SSSR count). The van der Waals surface area contributed by atoms with Crippen molar-refractivity contribution in [1.82, 2.24) is 4.90 Å². The minimum Gasteiger partial charge on any atom is -0.497 e. The summed E-state index contributed by atoms with van der Waals surface area (Å²) in [6, 6.07) is 15.0. The van der Waals surface area contributed by atoms with E-state index < -0.39 is 0 Å². The highest BCUT2D eigenvalue weighted by Gasteiger charge is 2.35. The molecule has 1 fully saturated rings. The van der Waals surface area contributed by atoms with E-state index in [1.165, 1.54) is 11.6 Å². The second kappa shape index (κ2) is 7.98. The molecule has 1 aliphatic heterocycles. The van der Waals surface area contributed by atoms with E-state index in [1.54, 1.807) is 13.2 Å². The van der Waals surface area contributed by atoms with Gasteiger partial charge in [-0.3, -0.25) is 4.90 Å². The minimum atomic E-state index is -0.278. The summed E-state index contributed by atoms with van der Waals surface area (Å²) in [7, 11) is 1.67. The van der Waals surface area contributed by atoms with Crippen molar-refractivity contribution in [1.29, 1.82) is 0 Å². The van der Waals surface area contributed by atoms with Crippen LogP contribution in [-0.4, -0.2) is 36.8 Å². The van der Waals surface area contributed by atoms with Crippen LogP contribution in [0.4, 0.5) is 4.39 Å². The predicted molar refractivity (Wildman–Crippen MR) is 97.1 cm³/mol. The Morgan fingerprint density at radius 3 is 2.80 bits per heavy atom. The molecule has 2 aromatic carbocycles. The van der Waals surface area contributed by atoms with Crippen LogP contribution >= 0.6 is 0 Å². The van der Waals surface area contributed by atoms with Gasteiger partial charge in [0, 0.05) is 18.5 Å². The molecule has 0 aliphatic carbocycles. The van der Waals surface area contributed by atoms with Gasteiger partial charge in [-0.15, -0.1) is 0 Å². The summed E-state index contributed by atoms with van der Waals surface area (Å²) in [6.07, 6.45) is 2.51. The lowest BCUT2D eigenvalue weighted by molar-refractivity contribution is 0.0282. The molecule has 0 bridgehead atoms. The first-order valence-corrected chi connectivity index (χ1v) is 8.84. The van der Waals surface area contributed by atoms with E-state index in [0.717, 1.165) is 38.2 Å². The van der Waals surface area contributed by atoms with Crippen molar-refractivity contribution in [3.05, 3.63) is 65.5 Å². The summed E-state index contributed by atoms with van der Waals surface area (Å²) in [5.41, 5.74) is 1.61. The van der Waals surface area contributed by atoms with E-state index in [4.69, 9.17) is 4.74 Å². The molecule has 1 aliphatic rings. The van der Waals surface area contributed by atoms with E-state index in [0.29, 0.717) is 12.0 Å². The number of methoxy groups -OCH3 is 1. The molecule has 0 amide bonds. The van der Waals surface area contributed by atoms with Crippen LogP contribution in [0.15, 0.2) is 48.5 Å². The van der Waals surface area contributed by atoms with Crippen LogP contribution < -0.4 is 4.74 Å². The molecule has 1 saturated heterocycles. The first kappa shape index (κ1) is 17.9. The van der Waals surface area contributed by atoms with Crippen molar-refractivity contribution in [3.8, 4) is 5.75 Å². The van der Waals surface area contributed by atoms with Gasteiger partial charge < -0.3 is 9.84 Å². The maximum Gasteiger partial charge on any atom is 0.126 e. The zero-order chi connectivity index (χ0) is 17.7. The molecule has 0 spiro atoms. The van der Waals surface area contributed by atoms with Gasteiger partial charge in [0.1, 0.15) is 11.6 Å². The van der Waals surface area contributed by atoms with Gasteiger partial charge in [-0.1, -0.05) is 30.3 Å². The molecular formula is C21H26FNO2. The molecule has 2 aromatic rings. The Hall–Kier alpha value is -1.91. The van der Waals surface area contributed by atoms with Crippen LogP contribution in [0, 0.1) is 11.2 Å². The molecule has 1 heterocycles. The molecular weight excluding hydrogens is 317 g/mol.